The Morgan fingerprint density at radius 1 is 1.06 bits per heavy atom. The molecule has 3 aromatic rings. The zero-order valence-electron chi connectivity index (χ0n) is 19.9. The highest BCUT2D eigenvalue weighted by Crippen LogP contribution is 2.29. The predicted molar refractivity (Wildman–Crippen MR) is 136 cm³/mol. The third-order valence-electron chi connectivity index (χ3n) is 6.45. The van der Waals surface area contributed by atoms with E-state index in [4.69, 9.17) is 4.74 Å². The number of thiophene rings is 1. The van der Waals surface area contributed by atoms with Crippen LogP contribution in [-0.2, 0) is 22.6 Å². The zero-order chi connectivity index (χ0) is 24.6. The molecule has 2 aromatic carbocycles. The zero-order valence-corrected chi connectivity index (χ0v) is 20.7. The highest BCUT2D eigenvalue weighted by Gasteiger charge is 2.34. The number of benzene rings is 2. The topological polar surface area (TPSA) is 58.6 Å². The normalized spacial score (nSPS) is 14.8. The largest absolute Gasteiger partial charge is 0.497 e. The molecule has 1 aliphatic carbocycles. The van der Waals surface area contributed by atoms with E-state index in [0.717, 1.165) is 42.5 Å². The van der Waals surface area contributed by atoms with E-state index >= 15 is 4.39 Å². The van der Waals surface area contributed by atoms with Gasteiger partial charge in [0, 0.05) is 23.0 Å². The van der Waals surface area contributed by atoms with Crippen molar-refractivity contribution in [3.63, 3.8) is 0 Å². The van der Waals surface area contributed by atoms with Crippen molar-refractivity contribution in [2.24, 2.45) is 0 Å². The molecule has 0 unspecified atom stereocenters. The number of nitrogens with zero attached hydrogens (tertiary/aromatic N) is 1. The fraction of sp³-hybridized carbons (Fsp3) is 0.357. The van der Waals surface area contributed by atoms with Crippen molar-refractivity contribution in [3.8, 4) is 5.75 Å². The second-order valence-corrected chi connectivity index (χ2v) is 9.93. The lowest BCUT2D eigenvalue weighted by molar-refractivity contribution is -0.141. The number of halogens is 1. The van der Waals surface area contributed by atoms with E-state index in [1.54, 1.807) is 25.3 Å². The molecule has 35 heavy (non-hydrogen) atoms. The van der Waals surface area contributed by atoms with Gasteiger partial charge in [0.05, 0.1) is 13.5 Å². The van der Waals surface area contributed by atoms with Crippen LogP contribution in [0.2, 0.25) is 0 Å². The van der Waals surface area contributed by atoms with Gasteiger partial charge in [0.15, 0.2) is 0 Å². The van der Waals surface area contributed by atoms with Gasteiger partial charge in [-0.05, 0) is 48.1 Å². The average Bonchev–Trinajstić information content (AvgIpc) is 3.39. The summed E-state index contributed by atoms with van der Waals surface area (Å²) in [7, 11) is 1.59. The highest BCUT2D eigenvalue weighted by atomic mass is 32.1. The van der Waals surface area contributed by atoms with E-state index in [0.29, 0.717) is 5.75 Å². The van der Waals surface area contributed by atoms with E-state index in [9.17, 15) is 9.59 Å². The van der Waals surface area contributed by atoms with Crippen LogP contribution in [0, 0.1) is 5.82 Å². The lowest BCUT2D eigenvalue weighted by Crippen LogP contribution is -2.47. The summed E-state index contributed by atoms with van der Waals surface area (Å²) in [5.74, 6) is -0.365. The molecule has 1 fully saturated rings. The Morgan fingerprint density at radius 3 is 2.46 bits per heavy atom. The van der Waals surface area contributed by atoms with Crippen LogP contribution in [0.3, 0.4) is 0 Å². The number of hydrogen-bond acceptors (Lipinski definition) is 4. The quantitative estimate of drug-likeness (QED) is 0.418. The van der Waals surface area contributed by atoms with Crippen LogP contribution >= 0.6 is 11.3 Å². The minimum atomic E-state index is -1.08. The van der Waals surface area contributed by atoms with Crippen LogP contribution in [-0.4, -0.2) is 29.9 Å². The van der Waals surface area contributed by atoms with Crippen molar-refractivity contribution < 1.29 is 18.7 Å². The van der Waals surface area contributed by atoms with Gasteiger partial charge in [0.1, 0.15) is 17.6 Å². The second kappa shape index (κ2) is 12.0. The van der Waals surface area contributed by atoms with Crippen LogP contribution in [0.25, 0.3) is 0 Å². The van der Waals surface area contributed by atoms with Crippen LogP contribution in [0.4, 0.5) is 4.39 Å². The van der Waals surface area contributed by atoms with E-state index in [2.05, 4.69) is 5.32 Å². The van der Waals surface area contributed by atoms with Gasteiger partial charge in [0.2, 0.25) is 11.8 Å². The van der Waals surface area contributed by atoms with Gasteiger partial charge < -0.3 is 15.0 Å². The van der Waals surface area contributed by atoms with Gasteiger partial charge >= 0.3 is 0 Å². The maximum Gasteiger partial charge on any atom is 0.247 e. The third-order valence-corrected chi connectivity index (χ3v) is 7.33. The number of ether oxygens (including phenoxy) is 1. The molecule has 0 radical (unpaired) electrons. The number of hydrogen-bond donors (Lipinski definition) is 1. The van der Waals surface area contributed by atoms with Crippen molar-refractivity contribution in [1.29, 1.82) is 0 Å². The Kier molecular flexibility index (Phi) is 8.53. The Balaban J connectivity index is 1.70. The molecule has 0 spiro atoms. The monoisotopic (exact) mass is 494 g/mol. The summed E-state index contributed by atoms with van der Waals surface area (Å²) in [5, 5.41) is 5.04. The van der Waals surface area contributed by atoms with Crippen molar-refractivity contribution in [2.75, 3.05) is 7.11 Å². The van der Waals surface area contributed by atoms with Crippen LogP contribution in [0.5, 0.6) is 5.75 Å². The SMILES string of the molecule is COc1ccc(CN(C(=O)Cc2cccs2)[C@@H](C(=O)NC2CCCCC2)c2ccccc2F)cc1. The summed E-state index contributed by atoms with van der Waals surface area (Å²) in [4.78, 5) is 29.8. The van der Waals surface area contributed by atoms with Gasteiger partial charge in [0.25, 0.3) is 0 Å². The van der Waals surface area contributed by atoms with Crippen molar-refractivity contribution in [2.45, 2.75) is 57.2 Å². The molecule has 184 valence electrons. The predicted octanol–water partition coefficient (Wildman–Crippen LogP) is 5.66. The van der Waals surface area contributed by atoms with Crippen molar-refractivity contribution in [1.82, 2.24) is 10.2 Å². The Bertz CT molecular complexity index is 1110. The molecule has 0 bridgehead atoms. The highest BCUT2D eigenvalue weighted by molar-refractivity contribution is 7.10. The van der Waals surface area contributed by atoms with E-state index in [1.807, 2.05) is 41.8 Å². The fourth-order valence-corrected chi connectivity index (χ4v) is 5.29. The summed E-state index contributed by atoms with van der Waals surface area (Å²) in [6.07, 6.45) is 5.22. The minimum Gasteiger partial charge on any atom is -0.497 e. The first kappa shape index (κ1) is 24.9. The molecular formula is C28H31FN2O3S. The van der Waals surface area contributed by atoms with E-state index in [1.165, 1.54) is 22.3 Å². The van der Waals surface area contributed by atoms with Crippen LogP contribution in [0.15, 0.2) is 66.0 Å². The molecule has 2 amide bonds. The first-order chi connectivity index (χ1) is 17.0. The van der Waals surface area contributed by atoms with E-state index in [-0.39, 0.29) is 36.4 Å². The van der Waals surface area contributed by atoms with Crippen LogP contribution < -0.4 is 10.1 Å². The first-order valence-corrected chi connectivity index (χ1v) is 12.9. The van der Waals surface area contributed by atoms with Gasteiger partial charge in [-0.1, -0.05) is 55.7 Å². The molecule has 4 rings (SSSR count). The lowest BCUT2D eigenvalue weighted by Gasteiger charge is -2.33. The second-order valence-electron chi connectivity index (χ2n) is 8.89. The maximum atomic E-state index is 15.1. The van der Waals surface area contributed by atoms with Crippen LogP contribution in [0.1, 0.15) is 54.1 Å². The Labute approximate surface area is 209 Å². The molecule has 0 aliphatic heterocycles. The number of carbonyl (C=O) groups excluding carboxylic acids is 2. The van der Waals surface area contributed by atoms with Crippen molar-refractivity contribution >= 4 is 23.2 Å². The van der Waals surface area contributed by atoms with Gasteiger partial charge in [-0.25, -0.2) is 4.39 Å². The van der Waals surface area contributed by atoms with Gasteiger partial charge in [-0.3, -0.25) is 9.59 Å². The summed E-state index contributed by atoms with van der Waals surface area (Å²) in [6, 6.07) is 16.3. The van der Waals surface area contributed by atoms with Gasteiger partial charge in [-0.15, -0.1) is 11.3 Å². The number of nitrogens with one attached hydrogen (secondary N) is 1. The molecule has 0 saturated heterocycles. The molecule has 1 aromatic heterocycles. The minimum absolute atomic E-state index is 0.0424. The Morgan fingerprint density at radius 2 is 1.80 bits per heavy atom. The smallest absolute Gasteiger partial charge is 0.247 e. The molecule has 1 aliphatic rings. The molecule has 1 atom stereocenters. The van der Waals surface area contributed by atoms with Gasteiger partial charge in [-0.2, -0.15) is 0 Å². The third kappa shape index (κ3) is 6.48. The Hall–Kier alpha value is -3.19. The first-order valence-electron chi connectivity index (χ1n) is 12.0. The van der Waals surface area contributed by atoms with E-state index < -0.39 is 11.9 Å². The molecule has 1 saturated carbocycles. The standard InChI is InChI=1S/C28H31FN2O3S/c1-34-22-15-13-20(14-16-22)19-31(26(32)18-23-10-7-17-35-23)27(24-11-5-6-12-25(24)29)28(33)30-21-8-3-2-4-9-21/h5-7,10-17,21,27H,2-4,8-9,18-19H2,1H3,(H,30,33)/t27-/m1/s1. The van der Waals surface area contributed by atoms with Crippen molar-refractivity contribution in [3.05, 3.63) is 87.9 Å². The molecule has 7 heteroatoms. The maximum absolute atomic E-state index is 15.1. The number of amides is 2. The average molecular weight is 495 g/mol. The summed E-state index contributed by atoms with van der Waals surface area (Å²) in [6.45, 7) is 0.172. The lowest BCUT2D eigenvalue weighted by atomic mass is 9.94. The number of rotatable bonds is 9. The molecule has 5 nitrogen and oxygen atoms in total. The fourth-order valence-electron chi connectivity index (χ4n) is 4.59. The number of methoxy groups -OCH3 is 1. The molecular weight excluding hydrogens is 463 g/mol. The summed E-state index contributed by atoms with van der Waals surface area (Å²) < 4.78 is 20.3. The number of carbonyl (C=O) groups is 2. The summed E-state index contributed by atoms with van der Waals surface area (Å²) in [5.41, 5.74) is 1.03. The molecule has 1 N–H and O–H groups in total. The molecule has 1 heterocycles. The summed E-state index contributed by atoms with van der Waals surface area (Å²) >= 11 is 1.49.